The topological polar surface area (TPSA) is 49.7 Å². The normalized spacial score (nSPS) is 23.4. The molecule has 0 amide bonds. The van der Waals surface area contributed by atoms with Gasteiger partial charge < -0.3 is 14.8 Å². The third-order valence-corrected chi connectivity index (χ3v) is 3.84. The molecule has 1 aliphatic rings. The van der Waals surface area contributed by atoms with E-state index in [-0.39, 0.29) is 11.6 Å². The Kier molecular flexibility index (Phi) is 4.96. The van der Waals surface area contributed by atoms with E-state index in [2.05, 4.69) is 6.92 Å². The smallest absolute Gasteiger partial charge is 0.423 e. The van der Waals surface area contributed by atoms with Gasteiger partial charge in [0.2, 0.25) is 0 Å². The highest BCUT2D eigenvalue weighted by Gasteiger charge is 2.22. The molecule has 1 fully saturated rings. The fourth-order valence-corrected chi connectivity index (χ4v) is 2.61. The molecule has 1 aromatic rings. The van der Waals surface area contributed by atoms with Crippen molar-refractivity contribution in [2.24, 2.45) is 5.92 Å². The third-order valence-electron chi connectivity index (χ3n) is 3.84. The molecule has 2 rings (SSSR count). The SMILES string of the molecule is CC1CCCCC1OCc1ccc(F)c(B(O)O)c1. The highest BCUT2D eigenvalue weighted by atomic mass is 19.1. The van der Waals surface area contributed by atoms with Crippen LogP contribution < -0.4 is 5.46 Å². The zero-order chi connectivity index (χ0) is 13.8. The maximum Gasteiger partial charge on any atom is 0.491 e. The molecule has 0 spiro atoms. The first-order valence-electron chi connectivity index (χ1n) is 6.84. The Hall–Kier alpha value is -0.905. The molecule has 3 nitrogen and oxygen atoms in total. The summed E-state index contributed by atoms with van der Waals surface area (Å²) in [5.41, 5.74) is 0.667. The second kappa shape index (κ2) is 6.50. The molecular weight excluding hydrogens is 246 g/mol. The Labute approximate surface area is 113 Å². The molecule has 5 heteroatoms. The van der Waals surface area contributed by atoms with E-state index >= 15 is 0 Å². The van der Waals surface area contributed by atoms with Crippen LogP contribution in [0.5, 0.6) is 0 Å². The summed E-state index contributed by atoms with van der Waals surface area (Å²) in [6.45, 7) is 2.58. The molecule has 0 aliphatic heterocycles. The van der Waals surface area contributed by atoms with Gasteiger partial charge in [0.1, 0.15) is 5.82 Å². The summed E-state index contributed by atoms with van der Waals surface area (Å²) in [6.07, 6.45) is 4.96. The van der Waals surface area contributed by atoms with Crippen LogP contribution >= 0.6 is 0 Å². The minimum Gasteiger partial charge on any atom is -0.423 e. The second-order valence-corrected chi connectivity index (χ2v) is 5.34. The van der Waals surface area contributed by atoms with Gasteiger partial charge in [-0.05, 0) is 30.4 Å². The van der Waals surface area contributed by atoms with Gasteiger partial charge in [0, 0.05) is 5.46 Å². The number of rotatable bonds is 4. The highest BCUT2D eigenvalue weighted by molar-refractivity contribution is 6.58. The van der Waals surface area contributed by atoms with Gasteiger partial charge in [0.05, 0.1) is 12.7 Å². The van der Waals surface area contributed by atoms with E-state index in [1.54, 1.807) is 6.07 Å². The maximum absolute atomic E-state index is 13.3. The van der Waals surface area contributed by atoms with Crippen molar-refractivity contribution in [1.29, 1.82) is 0 Å². The van der Waals surface area contributed by atoms with Crippen LogP contribution in [0.4, 0.5) is 4.39 Å². The van der Waals surface area contributed by atoms with Crippen molar-refractivity contribution in [2.45, 2.75) is 45.3 Å². The van der Waals surface area contributed by atoms with Gasteiger partial charge in [-0.15, -0.1) is 0 Å². The van der Waals surface area contributed by atoms with Gasteiger partial charge in [-0.25, -0.2) is 4.39 Å². The van der Waals surface area contributed by atoms with Crippen LogP contribution in [-0.4, -0.2) is 23.3 Å². The number of ether oxygens (including phenoxy) is 1. The average Bonchev–Trinajstić information content (AvgIpc) is 2.39. The van der Waals surface area contributed by atoms with Gasteiger partial charge in [-0.1, -0.05) is 31.9 Å². The molecule has 0 bridgehead atoms. The van der Waals surface area contributed by atoms with Crippen LogP contribution in [0.2, 0.25) is 0 Å². The number of hydrogen-bond acceptors (Lipinski definition) is 3. The van der Waals surface area contributed by atoms with E-state index in [1.165, 1.54) is 31.4 Å². The summed E-state index contributed by atoms with van der Waals surface area (Å²) in [4.78, 5) is 0. The first kappa shape index (κ1) is 14.5. The average molecular weight is 266 g/mol. The summed E-state index contributed by atoms with van der Waals surface area (Å²) < 4.78 is 19.2. The fraction of sp³-hybridized carbons (Fsp3) is 0.571. The molecule has 1 saturated carbocycles. The van der Waals surface area contributed by atoms with E-state index in [1.807, 2.05) is 0 Å². The van der Waals surface area contributed by atoms with Gasteiger partial charge in [-0.3, -0.25) is 0 Å². The molecule has 0 saturated heterocycles. The lowest BCUT2D eigenvalue weighted by atomic mass is 9.79. The Bertz CT molecular complexity index is 425. The Morgan fingerprint density at radius 2 is 2.05 bits per heavy atom. The molecule has 0 heterocycles. The molecule has 0 radical (unpaired) electrons. The molecule has 2 unspecified atom stereocenters. The summed E-state index contributed by atoms with van der Waals surface area (Å²) in [5, 5.41) is 18.1. The van der Waals surface area contributed by atoms with Gasteiger partial charge in [0.15, 0.2) is 0 Å². The third kappa shape index (κ3) is 3.78. The summed E-state index contributed by atoms with van der Waals surface area (Å²) >= 11 is 0. The standard InChI is InChI=1S/C14H20BFO3/c1-10-4-2-3-5-14(10)19-9-11-6-7-13(16)12(8-11)15(17)18/h6-8,10,14,17-18H,2-5,9H2,1H3. The predicted octanol–water partition coefficient (Wildman–Crippen LogP) is 1.60. The van der Waals surface area contributed by atoms with E-state index < -0.39 is 12.9 Å². The van der Waals surface area contributed by atoms with Crippen LogP contribution in [0.3, 0.4) is 0 Å². The fourth-order valence-electron chi connectivity index (χ4n) is 2.61. The van der Waals surface area contributed by atoms with Crippen LogP contribution in [0.25, 0.3) is 0 Å². The second-order valence-electron chi connectivity index (χ2n) is 5.34. The first-order chi connectivity index (χ1) is 9.08. The molecule has 104 valence electrons. The van der Waals surface area contributed by atoms with E-state index in [4.69, 9.17) is 14.8 Å². The van der Waals surface area contributed by atoms with Crippen LogP contribution in [0.15, 0.2) is 18.2 Å². The van der Waals surface area contributed by atoms with Crippen LogP contribution in [0, 0.1) is 11.7 Å². The minimum absolute atomic E-state index is 0.0993. The number of halogens is 1. The van der Waals surface area contributed by atoms with E-state index in [0.717, 1.165) is 12.0 Å². The zero-order valence-corrected chi connectivity index (χ0v) is 11.2. The summed E-state index contributed by atoms with van der Waals surface area (Å²) in [7, 11) is -1.78. The van der Waals surface area contributed by atoms with Gasteiger partial charge >= 0.3 is 7.12 Å². The first-order valence-corrected chi connectivity index (χ1v) is 6.84. The zero-order valence-electron chi connectivity index (χ0n) is 11.2. The Balaban J connectivity index is 1.97. The minimum atomic E-state index is -1.78. The lowest BCUT2D eigenvalue weighted by Crippen LogP contribution is -2.33. The van der Waals surface area contributed by atoms with E-state index in [9.17, 15) is 4.39 Å². The van der Waals surface area contributed by atoms with Gasteiger partial charge in [-0.2, -0.15) is 0 Å². The van der Waals surface area contributed by atoms with Crippen molar-refractivity contribution in [1.82, 2.24) is 0 Å². The lowest BCUT2D eigenvalue weighted by molar-refractivity contribution is -0.0154. The quantitative estimate of drug-likeness (QED) is 0.814. The highest BCUT2D eigenvalue weighted by Crippen LogP contribution is 2.26. The van der Waals surface area contributed by atoms with Crippen molar-refractivity contribution in [3.05, 3.63) is 29.6 Å². The van der Waals surface area contributed by atoms with Crippen molar-refractivity contribution in [2.75, 3.05) is 0 Å². The number of hydrogen-bond donors (Lipinski definition) is 2. The van der Waals surface area contributed by atoms with Crippen molar-refractivity contribution >= 4 is 12.6 Å². The van der Waals surface area contributed by atoms with Gasteiger partial charge in [0.25, 0.3) is 0 Å². The largest absolute Gasteiger partial charge is 0.491 e. The number of benzene rings is 1. The molecule has 19 heavy (non-hydrogen) atoms. The van der Waals surface area contributed by atoms with Crippen LogP contribution in [0.1, 0.15) is 38.2 Å². The Morgan fingerprint density at radius 1 is 1.32 bits per heavy atom. The van der Waals surface area contributed by atoms with Crippen molar-refractivity contribution in [3.8, 4) is 0 Å². The van der Waals surface area contributed by atoms with E-state index in [0.29, 0.717) is 12.5 Å². The molecule has 2 atom stereocenters. The maximum atomic E-state index is 13.3. The summed E-state index contributed by atoms with van der Waals surface area (Å²) in [6, 6.07) is 4.32. The molecule has 0 aromatic heterocycles. The molecule has 1 aliphatic carbocycles. The van der Waals surface area contributed by atoms with Crippen molar-refractivity contribution in [3.63, 3.8) is 0 Å². The molecule has 1 aromatic carbocycles. The lowest BCUT2D eigenvalue weighted by Gasteiger charge is -2.28. The molecular formula is C14H20BFO3. The molecule has 2 N–H and O–H groups in total. The Morgan fingerprint density at radius 3 is 2.74 bits per heavy atom. The summed E-state index contributed by atoms with van der Waals surface area (Å²) in [5.74, 6) is -0.0538. The predicted molar refractivity (Wildman–Crippen MR) is 72.4 cm³/mol. The van der Waals surface area contributed by atoms with Crippen LogP contribution in [-0.2, 0) is 11.3 Å². The monoisotopic (exact) mass is 266 g/mol. The van der Waals surface area contributed by atoms with Crippen molar-refractivity contribution < 1.29 is 19.2 Å².